The molecule has 0 saturated carbocycles. The summed E-state index contributed by atoms with van der Waals surface area (Å²) in [4.78, 5) is 12.1. The van der Waals surface area contributed by atoms with E-state index in [1.165, 1.54) is 0 Å². The van der Waals surface area contributed by atoms with Crippen LogP contribution in [0, 0.1) is 0 Å². The number of hydrogen-bond donors (Lipinski definition) is 1. The van der Waals surface area contributed by atoms with E-state index in [1.807, 2.05) is 54.6 Å². The third-order valence-electron chi connectivity index (χ3n) is 5.05. The molecule has 0 aliphatic heterocycles. The summed E-state index contributed by atoms with van der Waals surface area (Å²) in [5.74, 6) is 1.02. The molecule has 0 spiro atoms. The van der Waals surface area contributed by atoms with Gasteiger partial charge in [0.1, 0.15) is 12.4 Å². The maximum absolute atomic E-state index is 12.1. The van der Waals surface area contributed by atoms with Crippen LogP contribution in [0.2, 0.25) is 0 Å². The van der Waals surface area contributed by atoms with Crippen molar-refractivity contribution in [3.63, 3.8) is 0 Å². The molecule has 0 radical (unpaired) electrons. The molecule has 3 rings (SSSR count). The summed E-state index contributed by atoms with van der Waals surface area (Å²) >= 11 is 0. The zero-order valence-electron chi connectivity index (χ0n) is 17.6. The lowest BCUT2D eigenvalue weighted by Gasteiger charge is -2.21. The fourth-order valence-electron chi connectivity index (χ4n) is 3.52. The van der Waals surface area contributed by atoms with Crippen LogP contribution in [0.25, 0.3) is 0 Å². The van der Waals surface area contributed by atoms with Crippen molar-refractivity contribution in [3.05, 3.63) is 95.6 Å². The van der Waals surface area contributed by atoms with Crippen molar-refractivity contribution in [1.82, 2.24) is 0 Å². The van der Waals surface area contributed by atoms with Gasteiger partial charge < -0.3 is 14.8 Å². The number of amides is 1. The number of carbonyl (C=O) groups excluding carboxylic acids is 1. The first-order valence-electron chi connectivity index (χ1n) is 10.4. The van der Waals surface area contributed by atoms with Gasteiger partial charge in [0.15, 0.2) is 0 Å². The Hall–Kier alpha value is -3.11. The van der Waals surface area contributed by atoms with Gasteiger partial charge in [-0.15, -0.1) is 0 Å². The summed E-state index contributed by atoms with van der Waals surface area (Å²) in [5, 5.41) is 2.96. The summed E-state index contributed by atoms with van der Waals surface area (Å²) in [5.41, 5.74) is 4.24. The lowest BCUT2D eigenvalue weighted by atomic mass is 9.88. The number of nitrogens with one attached hydrogen (secondary N) is 1. The van der Waals surface area contributed by atoms with Gasteiger partial charge in [-0.05, 0) is 35.7 Å². The molecule has 1 amide bonds. The second-order valence-corrected chi connectivity index (χ2v) is 7.19. The smallest absolute Gasteiger partial charge is 0.226 e. The Bertz CT molecular complexity index is 940. The summed E-state index contributed by atoms with van der Waals surface area (Å²) in [6.45, 7) is 3.11. The van der Waals surface area contributed by atoms with Crippen molar-refractivity contribution in [2.45, 2.75) is 32.3 Å². The van der Waals surface area contributed by atoms with Crippen molar-refractivity contribution in [2.24, 2.45) is 0 Å². The van der Waals surface area contributed by atoms with Crippen molar-refractivity contribution >= 4 is 11.6 Å². The molecule has 4 nitrogen and oxygen atoms in total. The van der Waals surface area contributed by atoms with Crippen LogP contribution in [-0.4, -0.2) is 19.6 Å². The zero-order valence-corrected chi connectivity index (χ0v) is 17.6. The molecule has 0 heterocycles. The van der Waals surface area contributed by atoms with Crippen LogP contribution in [0.15, 0.2) is 78.9 Å². The maximum Gasteiger partial charge on any atom is 0.226 e. The lowest BCUT2D eigenvalue weighted by Crippen LogP contribution is -2.14. The highest BCUT2D eigenvalue weighted by molar-refractivity contribution is 5.90. The van der Waals surface area contributed by atoms with Gasteiger partial charge in [0.25, 0.3) is 0 Å². The molecule has 3 aromatic carbocycles. The monoisotopic (exact) mass is 403 g/mol. The number of para-hydroxylation sites is 1. The van der Waals surface area contributed by atoms with Crippen molar-refractivity contribution in [1.29, 1.82) is 0 Å². The van der Waals surface area contributed by atoms with Gasteiger partial charge in [-0.1, -0.05) is 67.6 Å². The minimum atomic E-state index is -0.0476. The Kier molecular flexibility index (Phi) is 8.04. The van der Waals surface area contributed by atoms with E-state index in [0.717, 1.165) is 34.5 Å². The van der Waals surface area contributed by atoms with Crippen LogP contribution in [0.5, 0.6) is 5.75 Å². The van der Waals surface area contributed by atoms with E-state index in [1.54, 1.807) is 7.11 Å². The van der Waals surface area contributed by atoms with E-state index >= 15 is 0 Å². The van der Waals surface area contributed by atoms with Crippen molar-refractivity contribution in [3.8, 4) is 5.75 Å². The van der Waals surface area contributed by atoms with Crippen molar-refractivity contribution in [2.75, 3.05) is 19.0 Å². The predicted molar refractivity (Wildman–Crippen MR) is 121 cm³/mol. The molecule has 0 aromatic heterocycles. The standard InChI is InChI=1S/C26H29NO3/c1-3-23(21-12-9-13-22(18-21)27-26(28)16-17-29-2)24-14-7-8-15-25(24)30-19-20-10-5-4-6-11-20/h4-15,18,23H,3,16-17,19H2,1-2H3,(H,27,28). The minimum absolute atomic E-state index is 0.0476. The second-order valence-electron chi connectivity index (χ2n) is 7.19. The van der Waals surface area contributed by atoms with Gasteiger partial charge in [-0.25, -0.2) is 0 Å². The molecule has 0 bridgehead atoms. The quantitative estimate of drug-likeness (QED) is 0.467. The van der Waals surface area contributed by atoms with Gasteiger partial charge in [0.05, 0.1) is 13.0 Å². The normalized spacial score (nSPS) is 11.7. The number of ether oxygens (including phenoxy) is 2. The summed E-state index contributed by atoms with van der Waals surface area (Å²) in [7, 11) is 1.59. The Morgan fingerprint density at radius 1 is 0.967 bits per heavy atom. The highest BCUT2D eigenvalue weighted by Crippen LogP contribution is 2.35. The number of methoxy groups -OCH3 is 1. The number of benzene rings is 3. The Morgan fingerprint density at radius 2 is 1.73 bits per heavy atom. The number of hydrogen-bond acceptors (Lipinski definition) is 3. The first-order chi connectivity index (χ1) is 14.7. The Morgan fingerprint density at radius 3 is 2.50 bits per heavy atom. The molecule has 156 valence electrons. The molecule has 1 N–H and O–H groups in total. The van der Waals surface area contributed by atoms with Gasteiger partial charge in [0, 0.05) is 24.3 Å². The summed E-state index contributed by atoms with van der Waals surface area (Å²) < 4.78 is 11.2. The molecule has 0 aliphatic carbocycles. The van der Waals surface area contributed by atoms with E-state index in [9.17, 15) is 4.79 Å². The first kappa shape index (κ1) is 21.6. The maximum atomic E-state index is 12.1. The Balaban J connectivity index is 1.79. The minimum Gasteiger partial charge on any atom is -0.489 e. The third-order valence-corrected chi connectivity index (χ3v) is 5.05. The van der Waals surface area contributed by atoms with Gasteiger partial charge >= 0.3 is 0 Å². The van der Waals surface area contributed by atoms with Crippen molar-refractivity contribution < 1.29 is 14.3 Å². The molecule has 4 heteroatoms. The average molecular weight is 404 g/mol. The van der Waals surface area contributed by atoms with Crippen LogP contribution >= 0.6 is 0 Å². The fraction of sp³-hybridized carbons (Fsp3) is 0.269. The van der Waals surface area contributed by atoms with Crippen LogP contribution in [-0.2, 0) is 16.1 Å². The predicted octanol–water partition coefficient (Wildman–Crippen LogP) is 5.78. The summed E-state index contributed by atoms with van der Waals surface area (Å²) in [6.07, 6.45) is 1.26. The average Bonchev–Trinajstić information content (AvgIpc) is 2.78. The highest BCUT2D eigenvalue weighted by Gasteiger charge is 2.17. The number of rotatable bonds is 10. The molecule has 0 saturated heterocycles. The fourth-order valence-corrected chi connectivity index (χ4v) is 3.52. The Labute approximate surface area is 178 Å². The highest BCUT2D eigenvalue weighted by atomic mass is 16.5. The van der Waals surface area contributed by atoms with Gasteiger partial charge in [0.2, 0.25) is 5.91 Å². The van der Waals surface area contributed by atoms with Crippen LogP contribution in [0.4, 0.5) is 5.69 Å². The largest absolute Gasteiger partial charge is 0.489 e. The van der Waals surface area contributed by atoms with E-state index in [4.69, 9.17) is 9.47 Å². The number of carbonyl (C=O) groups is 1. The van der Waals surface area contributed by atoms with Crippen LogP contribution < -0.4 is 10.1 Å². The molecule has 3 aromatic rings. The topological polar surface area (TPSA) is 47.6 Å². The van der Waals surface area contributed by atoms with Gasteiger partial charge in [-0.2, -0.15) is 0 Å². The van der Waals surface area contributed by atoms with Crippen LogP contribution in [0.1, 0.15) is 42.4 Å². The van der Waals surface area contributed by atoms with E-state index in [2.05, 4.69) is 36.5 Å². The summed E-state index contributed by atoms with van der Waals surface area (Å²) in [6, 6.07) is 26.4. The SMILES string of the molecule is CCC(c1cccc(NC(=O)CCOC)c1)c1ccccc1OCc1ccccc1. The molecular weight excluding hydrogens is 374 g/mol. The lowest BCUT2D eigenvalue weighted by molar-refractivity contribution is -0.117. The second kappa shape index (κ2) is 11.2. The van der Waals surface area contributed by atoms with E-state index < -0.39 is 0 Å². The molecule has 0 aliphatic rings. The number of anilines is 1. The van der Waals surface area contributed by atoms with Gasteiger partial charge in [-0.3, -0.25) is 4.79 Å². The van der Waals surface area contributed by atoms with E-state index in [-0.39, 0.29) is 11.8 Å². The molecule has 1 atom stereocenters. The molecule has 30 heavy (non-hydrogen) atoms. The zero-order chi connectivity index (χ0) is 21.2. The third kappa shape index (κ3) is 5.94. The molecule has 1 unspecified atom stereocenters. The van der Waals surface area contributed by atoms with Crippen LogP contribution in [0.3, 0.4) is 0 Å². The van der Waals surface area contributed by atoms with E-state index in [0.29, 0.717) is 19.6 Å². The molecular formula is C26H29NO3. The molecule has 0 fully saturated rings. The first-order valence-corrected chi connectivity index (χ1v) is 10.4.